The molecule has 2 nitrogen and oxygen atoms in total. The monoisotopic (exact) mass is 699 g/mol. The lowest BCUT2D eigenvalue weighted by molar-refractivity contribution is 0.670. The van der Waals surface area contributed by atoms with Crippen LogP contribution in [0.1, 0.15) is 0 Å². The van der Waals surface area contributed by atoms with E-state index in [1.54, 1.807) is 0 Å². The van der Waals surface area contributed by atoms with E-state index in [0.29, 0.717) is 0 Å². The molecule has 246 valence electrons. The van der Waals surface area contributed by atoms with Crippen molar-refractivity contribution in [2.45, 2.75) is 13.1 Å². The van der Waals surface area contributed by atoms with Gasteiger partial charge in [-0.3, -0.25) is 0 Å². The van der Waals surface area contributed by atoms with E-state index in [9.17, 15) is 0 Å². The summed E-state index contributed by atoms with van der Waals surface area (Å²) in [6.45, 7) is 4.98. The smallest absolute Gasteiger partial charge is 0.143 e. The largest absolute Gasteiger partial charge is 0.455 e. The predicted octanol–water partition coefficient (Wildman–Crippen LogP) is 13.0. The molecule has 0 atom stereocenters. The molecule has 8 aromatic carbocycles. The fraction of sp³-hybridized carbons (Fsp3) is 0.0417. The first kappa shape index (κ1) is 29.8. The third kappa shape index (κ3) is 4.29. The van der Waals surface area contributed by atoms with Crippen molar-refractivity contribution in [1.82, 2.24) is 0 Å². The summed E-state index contributed by atoms with van der Waals surface area (Å²) in [5, 5.41) is 10.4. The van der Waals surface area contributed by atoms with Gasteiger partial charge in [0.05, 0.1) is 0 Å². The Kier molecular flexibility index (Phi) is 6.31. The van der Waals surface area contributed by atoms with Crippen molar-refractivity contribution in [3.05, 3.63) is 164 Å². The third-order valence-corrected chi connectivity index (χ3v) is 15.9. The number of fused-ring (bicyclic) bond motifs is 11. The van der Waals surface area contributed by atoms with Gasteiger partial charge in [-0.05, 0) is 92.4 Å². The van der Waals surface area contributed by atoms with E-state index in [0.717, 1.165) is 22.5 Å². The molecular weight excluding hydrogens is 667 g/mol. The standard InChI is InChI=1S/C48H33NOSSi/c1-52(2)45-27-25-39-37-13-5-7-16-42(37)50-48(39)47(45)40-24-22-34(29-46(40)52)49(33-23-26-44-41(28-33)38-14-6-8-17-43(38)51-44)32-20-18-31(19-21-32)36-15-9-11-30-10-3-4-12-35(30)36/h3-29H,1-2H3. The number of hydrogen-bond acceptors (Lipinski definition) is 3. The molecule has 1 aliphatic heterocycles. The Balaban J connectivity index is 1.10. The Morgan fingerprint density at radius 2 is 1.17 bits per heavy atom. The molecular formula is C48H33NOSSi. The Hall–Kier alpha value is -5.94. The normalized spacial score (nSPS) is 13.3. The van der Waals surface area contributed by atoms with Crippen LogP contribution in [0.25, 0.3) is 75.1 Å². The van der Waals surface area contributed by atoms with Crippen LogP contribution in [0.2, 0.25) is 13.1 Å². The van der Waals surface area contributed by atoms with E-state index in [2.05, 4.69) is 182 Å². The first-order valence-electron chi connectivity index (χ1n) is 17.9. The van der Waals surface area contributed by atoms with E-state index in [1.807, 2.05) is 11.3 Å². The van der Waals surface area contributed by atoms with Crippen molar-refractivity contribution in [2.75, 3.05) is 4.90 Å². The second-order valence-electron chi connectivity index (χ2n) is 14.5. The van der Waals surface area contributed by atoms with E-state index < -0.39 is 8.07 Å². The quantitative estimate of drug-likeness (QED) is 0.170. The number of benzene rings is 8. The van der Waals surface area contributed by atoms with Gasteiger partial charge in [-0.2, -0.15) is 0 Å². The Bertz CT molecular complexity index is 3050. The topological polar surface area (TPSA) is 16.4 Å². The zero-order valence-corrected chi connectivity index (χ0v) is 30.7. The van der Waals surface area contributed by atoms with E-state index >= 15 is 0 Å². The molecule has 1 aliphatic rings. The van der Waals surface area contributed by atoms with Gasteiger partial charge in [-0.1, -0.05) is 122 Å². The molecule has 2 aromatic heterocycles. The highest BCUT2D eigenvalue weighted by molar-refractivity contribution is 7.25. The summed E-state index contributed by atoms with van der Waals surface area (Å²) in [5.74, 6) is 0. The van der Waals surface area contributed by atoms with Crippen LogP contribution in [0.5, 0.6) is 0 Å². The number of thiophene rings is 1. The van der Waals surface area contributed by atoms with Crippen LogP contribution < -0.4 is 15.3 Å². The van der Waals surface area contributed by atoms with Gasteiger partial charge in [0.15, 0.2) is 0 Å². The van der Waals surface area contributed by atoms with Crippen LogP contribution in [-0.4, -0.2) is 8.07 Å². The van der Waals surface area contributed by atoms with Gasteiger partial charge >= 0.3 is 0 Å². The maximum absolute atomic E-state index is 6.62. The zero-order valence-electron chi connectivity index (χ0n) is 28.9. The van der Waals surface area contributed by atoms with Crippen LogP contribution in [-0.2, 0) is 0 Å². The van der Waals surface area contributed by atoms with Crippen LogP contribution in [0.4, 0.5) is 17.1 Å². The summed E-state index contributed by atoms with van der Waals surface area (Å²) in [7, 11) is -2.06. The van der Waals surface area contributed by atoms with E-state index in [1.165, 1.54) is 80.0 Å². The minimum Gasteiger partial charge on any atom is -0.455 e. The summed E-state index contributed by atoms with van der Waals surface area (Å²) in [4.78, 5) is 2.45. The van der Waals surface area contributed by atoms with Gasteiger partial charge in [0, 0.05) is 53.6 Å². The Labute approximate surface area is 306 Å². The molecule has 0 saturated heterocycles. The van der Waals surface area contributed by atoms with Crippen LogP contribution in [0.3, 0.4) is 0 Å². The lowest BCUT2D eigenvalue weighted by Crippen LogP contribution is -2.49. The third-order valence-electron chi connectivity index (χ3n) is 11.3. The van der Waals surface area contributed by atoms with Gasteiger partial charge in [0.25, 0.3) is 0 Å². The highest BCUT2D eigenvalue weighted by atomic mass is 32.1. The maximum atomic E-state index is 6.62. The first-order chi connectivity index (χ1) is 25.5. The average molecular weight is 700 g/mol. The van der Waals surface area contributed by atoms with Gasteiger partial charge in [-0.25, -0.2) is 0 Å². The van der Waals surface area contributed by atoms with Gasteiger partial charge in [-0.15, -0.1) is 11.3 Å². The van der Waals surface area contributed by atoms with Crippen molar-refractivity contribution < 1.29 is 4.42 Å². The van der Waals surface area contributed by atoms with Gasteiger partial charge in [0.1, 0.15) is 19.2 Å². The molecule has 0 saturated carbocycles. The molecule has 0 radical (unpaired) electrons. The summed E-state index contributed by atoms with van der Waals surface area (Å²) in [6, 6.07) is 60.3. The number of nitrogens with zero attached hydrogens (tertiary/aromatic N) is 1. The van der Waals surface area contributed by atoms with Crippen LogP contribution >= 0.6 is 11.3 Å². The molecule has 10 aromatic rings. The summed E-state index contributed by atoms with van der Waals surface area (Å²) in [5.41, 5.74) is 10.5. The number of anilines is 3. The van der Waals surface area contributed by atoms with Crippen molar-refractivity contribution in [2.24, 2.45) is 0 Å². The lowest BCUT2D eigenvalue weighted by Gasteiger charge is -2.28. The summed E-state index contributed by atoms with van der Waals surface area (Å²) < 4.78 is 9.25. The average Bonchev–Trinajstić information content (AvgIpc) is 3.82. The van der Waals surface area contributed by atoms with Crippen molar-refractivity contribution in [3.8, 4) is 22.3 Å². The first-order valence-corrected chi connectivity index (χ1v) is 21.7. The molecule has 0 fully saturated rings. The second kappa shape index (κ2) is 11.0. The molecule has 3 heterocycles. The maximum Gasteiger partial charge on any atom is 0.143 e. The molecule has 0 amide bonds. The fourth-order valence-electron chi connectivity index (χ4n) is 8.70. The lowest BCUT2D eigenvalue weighted by atomic mass is 9.98. The molecule has 0 spiro atoms. The highest BCUT2D eigenvalue weighted by Crippen LogP contribution is 2.44. The fourth-order valence-corrected chi connectivity index (χ4v) is 12.8. The van der Waals surface area contributed by atoms with Crippen molar-refractivity contribution >= 4 is 99.7 Å². The number of rotatable bonds is 4. The molecule has 0 N–H and O–H groups in total. The van der Waals surface area contributed by atoms with Crippen molar-refractivity contribution in [3.63, 3.8) is 0 Å². The SMILES string of the molecule is C[Si]1(C)c2cc(N(c3ccc(-c4cccc5ccccc45)cc3)c3ccc4sc5ccccc5c4c3)ccc2-c2c1ccc1c2oc2ccccc21. The van der Waals surface area contributed by atoms with Crippen LogP contribution in [0.15, 0.2) is 168 Å². The van der Waals surface area contributed by atoms with Gasteiger partial charge < -0.3 is 9.32 Å². The molecule has 4 heteroatoms. The summed E-state index contributed by atoms with van der Waals surface area (Å²) >= 11 is 1.86. The van der Waals surface area contributed by atoms with E-state index in [4.69, 9.17) is 4.42 Å². The molecule has 52 heavy (non-hydrogen) atoms. The minimum absolute atomic E-state index is 0.949. The zero-order chi connectivity index (χ0) is 34.6. The number of furan rings is 1. The highest BCUT2D eigenvalue weighted by Gasteiger charge is 2.40. The summed E-state index contributed by atoms with van der Waals surface area (Å²) in [6.07, 6.45) is 0. The minimum atomic E-state index is -2.06. The van der Waals surface area contributed by atoms with E-state index in [-0.39, 0.29) is 0 Å². The van der Waals surface area contributed by atoms with Crippen molar-refractivity contribution in [1.29, 1.82) is 0 Å². The Morgan fingerprint density at radius 3 is 2.06 bits per heavy atom. The predicted molar refractivity (Wildman–Crippen MR) is 226 cm³/mol. The number of hydrogen-bond donors (Lipinski definition) is 0. The molecule has 0 aliphatic carbocycles. The molecule has 11 rings (SSSR count). The second-order valence-corrected chi connectivity index (χ2v) is 19.9. The van der Waals surface area contributed by atoms with Crippen LogP contribution in [0, 0.1) is 0 Å². The molecule has 0 bridgehead atoms. The Morgan fingerprint density at radius 1 is 0.481 bits per heavy atom. The van der Waals surface area contributed by atoms with Gasteiger partial charge in [0.2, 0.25) is 0 Å². The molecule has 0 unspecified atom stereocenters. The number of para-hydroxylation sites is 1.